The van der Waals surface area contributed by atoms with Crippen LogP contribution in [-0.4, -0.2) is 15.5 Å². The van der Waals surface area contributed by atoms with Gasteiger partial charge in [0.25, 0.3) is 0 Å². The molecule has 0 heterocycles. The zero-order valence-electron chi connectivity index (χ0n) is 12.7. The first-order chi connectivity index (χ1) is 10.5. The van der Waals surface area contributed by atoms with Crippen LogP contribution in [0.4, 0.5) is 0 Å². The maximum atomic E-state index is 12.7. The third kappa shape index (κ3) is 2.74. The Labute approximate surface area is 131 Å². The van der Waals surface area contributed by atoms with Crippen LogP contribution in [0.3, 0.4) is 0 Å². The van der Waals surface area contributed by atoms with Crippen molar-refractivity contribution in [2.24, 2.45) is 0 Å². The van der Waals surface area contributed by atoms with Gasteiger partial charge in [0.15, 0.2) is 0 Å². The molecule has 0 aliphatic heterocycles. The van der Waals surface area contributed by atoms with E-state index in [1.54, 1.807) is 19.2 Å². The number of nitrogens with one attached hydrogen (secondary N) is 1. The van der Waals surface area contributed by atoms with E-state index in [2.05, 4.69) is 4.72 Å². The molecule has 0 atom stereocenters. The molecule has 0 aromatic heterocycles. The van der Waals surface area contributed by atoms with Gasteiger partial charge in [-0.3, -0.25) is 0 Å². The largest absolute Gasteiger partial charge is 0.497 e. The predicted molar refractivity (Wildman–Crippen MR) is 85.4 cm³/mol. The maximum Gasteiger partial charge on any atom is 0.241 e. The fourth-order valence-corrected chi connectivity index (χ4v) is 4.35. The van der Waals surface area contributed by atoms with Gasteiger partial charge in [-0.05, 0) is 49.1 Å². The number of benzene rings is 2. The lowest BCUT2D eigenvalue weighted by Crippen LogP contribution is -2.35. The summed E-state index contributed by atoms with van der Waals surface area (Å²) in [5, 5.41) is 0. The minimum atomic E-state index is -3.53. The van der Waals surface area contributed by atoms with Gasteiger partial charge in [-0.1, -0.05) is 30.3 Å². The molecule has 0 unspecified atom stereocenters. The van der Waals surface area contributed by atoms with Gasteiger partial charge in [0, 0.05) is 0 Å². The van der Waals surface area contributed by atoms with E-state index in [0.717, 1.165) is 29.7 Å². The minimum absolute atomic E-state index is 0.342. The first kappa shape index (κ1) is 15.1. The zero-order valence-corrected chi connectivity index (χ0v) is 13.5. The van der Waals surface area contributed by atoms with Crippen LogP contribution in [0.25, 0.3) is 0 Å². The van der Waals surface area contributed by atoms with Gasteiger partial charge in [-0.2, -0.15) is 0 Å². The van der Waals surface area contributed by atoms with Crippen molar-refractivity contribution in [1.29, 1.82) is 0 Å². The Balaban J connectivity index is 1.89. The molecule has 0 amide bonds. The summed E-state index contributed by atoms with van der Waals surface area (Å²) in [5.74, 6) is 0.765. The molecule has 0 saturated heterocycles. The second-order valence-corrected chi connectivity index (χ2v) is 7.33. The van der Waals surface area contributed by atoms with Crippen LogP contribution >= 0.6 is 0 Å². The smallest absolute Gasteiger partial charge is 0.241 e. The molecule has 0 bridgehead atoms. The Bertz CT molecular complexity index is 778. The quantitative estimate of drug-likeness (QED) is 0.922. The van der Waals surface area contributed by atoms with Gasteiger partial charge >= 0.3 is 0 Å². The van der Waals surface area contributed by atoms with E-state index in [4.69, 9.17) is 4.74 Å². The van der Waals surface area contributed by atoms with E-state index in [9.17, 15) is 8.42 Å². The Morgan fingerprint density at radius 1 is 1.05 bits per heavy atom. The fraction of sp³-hybridized carbons (Fsp3) is 0.294. The highest BCUT2D eigenvalue weighted by atomic mass is 32.2. The van der Waals surface area contributed by atoms with Crippen molar-refractivity contribution in [2.45, 2.75) is 30.2 Å². The van der Waals surface area contributed by atoms with Gasteiger partial charge in [0.05, 0.1) is 17.5 Å². The molecule has 2 aromatic rings. The minimum Gasteiger partial charge on any atom is -0.497 e. The summed E-state index contributed by atoms with van der Waals surface area (Å²) in [4.78, 5) is 0.342. The average molecular weight is 317 g/mol. The first-order valence-electron chi connectivity index (χ1n) is 7.21. The molecule has 1 N–H and O–H groups in total. The van der Waals surface area contributed by atoms with Crippen molar-refractivity contribution in [2.75, 3.05) is 7.11 Å². The highest BCUT2D eigenvalue weighted by Gasteiger charge is 2.47. The summed E-state index contributed by atoms with van der Waals surface area (Å²) in [6, 6.07) is 14.6. The number of rotatable bonds is 5. The summed E-state index contributed by atoms with van der Waals surface area (Å²) in [7, 11) is -1.92. The van der Waals surface area contributed by atoms with Crippen LogP contribution in [0.5, 0.6) is 5.75 Å². The van der Waals surface area contributed by atoms with Crippen LogP contribution in [0.2, 0.25) is 0 Å². The molecule has 116 valence electrons. The van der Waals surface area contributed by atoms with E-state index in [1.807, 2.05) is 43.3 Å². The van der Waals surface area contributed by atoms with Crippen LogP contribution < -0.4 is 9.46 Å². The third-order valence-electron chi connectivity index (χ3n) is 4.11. The van der Waals surface area contributed by atoms with E-state index >= 15 is 0 Å². The lowest BCUT2D eigenvalue weighted by molar-refractivity contribution is 0.414. The summed E-state index contributed by atoms with van der Waals surface area (Å²) < 4.78 is 33.4. The summed E-state index contributed by atoms with van der Waals surface area (Å²) in [5.41, 5.74) is 1.25. The summed E-state index contributed by atoms with van der Waals surface area (Å²) in [6.07, 6.45) is 1.62. The van der Waals surface area contributed by atoms with E-state index in [1.165, 1.54) is 0 Å². The van der Waals surface area contributed by atoms with Crippen LogP contribution in [0.15, 0.2) is 53.4 Å². The molecule has 1 fully saturated rings. The highest BCUT2D eigenvalue weighted by molar-refractivity contribution is 7.89. The summed E-state index contributed by atoms with van der Waals surface area (Å²) in [6.45, 7) is 1.81. The van der Waals surface area contributed by atoms with Crippen molar-refractivity contribution in [3.05, 3.63) is 59.7 Å². The average Bonchev–Trinajstić information content (AvgIpc) is 3.27. The van der Waals surface area contributed by atoms with Crippen molar-refractivity contribution >= 4 is 10.0 Å². The Hall–Kier alpha value is -1.85. The number of methoxy groups -OCH3 is 1. The van der Waals surface area contributed by atoms with Gasteiger partial charge in [0.2, 0.25) is 10.0 Å². The van der Waals surface area contributed by atoms with E-state index < -0.39 is 15.6 Å². The van der Waals surface area contributed by atoms with Crippen molar-refractivity contribution in [1.82, 2.24) is 4.72 Å². The number of ether oxygens (including phenoxy) is 1. The number of hydrogen-bond donors (Lipinski definition) is 1. The molecule has 3 rings (SSSR count). The van der Waals surface area contributed by atoms with Gasteiger partial charge in [-0.25, -0.2) is 13.1 Å². The molecule has 0 radical (unpaired) electrons. The molecule has 4 nitrogen and oxygen atoms in total. The molecular formula is C17H19NO3S. The van der Waals surface area contributed by atoms with Crippen LogP contribution in [0.1, 0.15) is 24.0 Å². The second-order valence-electron chi connectivity index (χ2n) is 5.68. The lowest BCUT2D eigenvalue weighted by atomic mass is 10.1. The van der Waals surface area contributed by atoms with Crippen molar-refractivity contribution < 1.29 is 13.2 Å². The summed E-state index contributed by atoms with van der Waals surface area (Å²) >= 11 is 0. The lowest BCUT2D eigenvalue weighted by Gasteiger charge is -2.19. The Kier molecular flexibility index (Phi) is 3.70. The van der Waals surface area contributed by atoms with E-state index in [0.29, 0.717) is 4.90 Å². The molecular weight excluding hydrogens is 298 g/mol. The number of sulfonamides is 1. The predicted octanol–water partition coefficient (Wildman–Crippen LogP) is 2.97. The molecule has 0 spiro atoms. The Morgan fingerprint density at radius 3 is 2.23 bits per heavy atom. The van der Waals surface area contributed by atoms with Crippen LogP contribution in [-0.2, 0) is 15.6 Å². The second kappa shape index (κ2) is 5.41. The maximum absolute atomic E-state index is 12.7. The Morgan fingerprint density at radius 2 is 1.68 bits per heavy atom. The molecule has 1 aliphatic rings. The third-order valence-corrected chi connectivity index (χ3v) is 5.80. The normalized spacial score (nSPS) is 16.3. The number of hydrogen-bond acceptors (Lipinski definition) is 3. The molecule has 22 heavy (non-hydrogen) atoms. The van der Waals surface area contributed by atoms with Gasteiger partial charge in [-0.15, -0.1) is 0 Å². The first-order valence-corrected chi connectivity index (χ1v) is 8.69. The fourth-order valence-electron chi connectivity index (χ4n) is 2.65. The monoisotopic (exact) mass is 317 g/mol. The zero-order chi connectivity index (χ0) is 15.8. The van der Waals surface area contributed by atoms with Crippen LogP contribution in [0, 0.1) is 6.92 Å². The molecule has 5 heteroatoms. The van der Waals surface area contributed by atoms with E-state index in [-0.39, 0.29) is 0 Å². The topological polar surface area (TPSA) is 55.4 Å². The van der Waals surface area contributed by atoms with Gasteiger partial charge < -0.3 is 4.74 Å². The van der Waals surface area contributed by atoms with Crippen molar-refractivity contribution in [3.63, 3.8) is 0 Å². The molecule has 2 aromatic carbocycles. The molecule has 1 aliphatic carbocycles. The number of aryl methyl sites for hydroxylation is 1. The molecule has 1 saturated carbocycles. The SMILES string of the molecule is COc1ccc(C2(NS(=O)(=O)c3ccccc3C)CC2)cc1. The standard InChI is InChI=1S/C17H19NO3S/c1-13-5-3-4-6-16(13)22(19,20)18-17(11-12-17)14-7-9-15(21-2)10-8-14/h3-10,18H,11-12H2,1-2H3. The van der Waals surface area contributed by atoms with Gasteiger partial charge in [0.1, 0.15) is 5.75 Å². The highest BCUT2D eigenvalue weighted by Crippen LogP contribution is 2.47. The van der Waals surface area contributed by atoms with Crippen molar-refractivity contribution in [3.8, 4) is 5.75 Å².